The second-order valence-corrected chi connectivity index (χ2v) is 10.8. The van der Waals surface area contributed by atoms with E-state index in [2.05, 4.69) is 25.2 Å². The van der Waals surface area contributed by atoms with E-state index >= 15 is 0 Å². The van der Waals surface area contributed by atoms with Crippen molar-refractivity contribution in [2.24, 2.45) is 17.3 Å². The summed E-state index contributed by atoms with van der Waals surface area (Å²) in [5, 5.41) is 2.92. The van der Waals surface area contributed by atoms with E-state index < -0.39 is 10.0 Å². The number of rotatable bonds is 6. The fourth-order valence-corrected chi connectivity index (χ4v) is 5.97. The zero-order valence-electron chi connectivity index (χ0n) is 18.0. The minimum absolute atomic E-state index is 0.0796. The summed E-state index contributed by atoms with van der Waals surface area (Å²) in [7, 11) is -2.21. The Morgan fingerprint density at radius 2 is 1.86 bits per heavy atom. The topological polar surface area (TPSA) is 75.7 Å². The van der Waals surface area contributed by atoms with E-state index in [1.165, 1.54) is 23.1 Å². The van der Waals surface area contributed by atoms with Gasteiger partial charge >= 0.3 is 0 Å². The molecule has 1 N–H and O–H groups in total. The average Bonchev–Trinajstić information content (AvgIpc) is 3.21. The number of amides is 1. The molecule has 0 aromatic heterocycles. The van der Waals surface area contributed by atoms with E-state index in [0.29, 0.717) is 24.5 Å². The minimum Gasteiger partial charge on any atom is -0.495 e. The van der Waals surface area contributed by atoms with Gasteiger partial charge in [0.25, 0.3) is 0 Å². The van der Waals surface area contributed by atoms with Crippen molar-refractivity contribution < 1.29 is 17.9 Å². The van der Waals surface area contributed by atoms with Gasteiger partial charge in [0.1, 0.15) is 10.6 Å². The van der Waals surface area contributed by atoms with Crippen LogP contribution in [0.2, 0.25) is 0 Å². The van der Waals surface area contributed by atoms with Gasteiger partial charge in [-0.2, -0.15) is 4.31 Å². The van der Waals surface area contributed by atoms with E-state index in [9.17, 15) is 13.2 Å². The highest BCUT2D eigenvalue weighted by Gasteiger charge is 2.60. The molecule has 1 aromatic rings. The van der Waals surface area contributed by atoms with E-state index in [-0.39, 0.29) is 28.1 Å². The average molecular weight is 421 g/mol. The Morgan fingerprint density at radius 3 is 2.45 bits per heavy atom. The molecular formula is C22H32N2O4S. The van der Waals surface area contributed by atoms with Crippen LogP contribution in [0.25, 0.3) is 0 Å². The second kappa shape index (κ2) is 8.11. The van der Waals surface area contributed by atoms with Gasteiger partial charge in [0, 0.05) is 18.8 Å². The number of carbonyl (C=O) groups is 1. The van der Waals surface area contributed by atoms with Gasteiger partial charge in [-0.1, -0.05) is 31.9 Å². The van der Waals surface area contributed by atoms with E-state index in [1.807, 2.05) is 13.8 Å². The van der Waals surface area contributed by atoms with Crippen molar-refractivity contribution in [3.05, 3.63) is 29.8 Å². The molecule has 1 aromatic carbocycles. The minimum atomic E-state index is -3.67. The van der Waals surface area contributed by atoms with Crippen molar-refractivity contribution in [2.45, 2.75) is 51.9 Å². The van der Waals surface area contributed by atoms with Gasteiger partial charge in [-0.15, -0.1) is 0 Å². The lowest BCUT2D eigenvalue weighted by atomic mass is 10.1. The molecule has 1 amide bonds. The lowest BCUT2D eigenvalue weighted by Gasteiger charge is -2.26. The number of hydrogen-bond donors (Lipinski definition) is 1. The lowest BCUT2D eigenvalue weighted by molar-refractivity contribution is -0.118. The van der Waals surface area contributed by atoms with Crippen molar-refractivity contribution >= 4 is 21.6 Å². The number of carbonyl (C=O) groups excluding carboxylic acids is 1. The summed E-state index contributed by atoms with van der Waals surface area (Å²) in [4.78, 5) is 13.0. The number of piperidine rings is 1. The highest BCUT2D eigenvalue weighted by molar-refractivity contribution is 7.89. The number of allylic oxidation sites excluding steroid dienone is 2. The SMILES string of the molecule is COc1ccc(NC(=O)C2C(C=C(C)C)C2(C)C)cc1S(=O)(=O)N1CCCCC1. The molecular weight excluding hydrogens is 388 g/mol. The molecule has 1 aliphatic heterocycles. The zero-order valence-corrected chi connectivity index (χ0v) is 18.8. The molecule has 2 unspecified atom stereocenters. The van der Waals surface area contributed by atoms with Gasteiger partial charge in [0.05, 0.1) is 13.0 Å². The molecule has 1 heterocycles. The Labute approximate surface area is 174 Å². The number of methoxy groups -OCH3 is 1. The Bertz CT molecular complexity index is 911. The summed E-state index contributed by atoms with van der Waals surface area (Å²) >= 11 is 0. The summed E-state index contributed by atoms with van der Waals surface area (Å²) in [5.74, 6) is 0.288. The molecule has 6 nitrogen and oxygen atoms in total. The summed E-state index contributed by atoms with van der Waals surface area (Å²) in [5.41, 5.74) is 1.57. The van der Waals surface area contributed by atoms with E-state index in [4.69, 9.17) is 4.74 Å². The standard InChI is InChI=1S/C22H32N2O4S/c1-15(2)13-17-20(22(17,3)4)21(25)23-16-9-10-18(28-5)19(14-16)29(26,27)24-11-7-6-8-12-24/h9-10,13-14,17,20H,6-8,11-12H2,1-5H3,(H,23,25). The van der Waals surface area contributed by atoms with Crippen LogP contribution in [-0.2, 0) is 14.8 Å². The van der Waals surface area contributed by atoms with Crippen LogP contribution in [0.1, 0.15) is 47.0 Å². The van der Waals surface area contributed by atoms with Gasteiger partial charge in [0.2, 0.25) is 15.9 Å². The Hall–Kier alpha value is -1.86. The fourth-order valence-electron chi connectivity index (χ4n) is 4.27. The van der Waals surface area contributed by atoms with Gasteiger partial charge < -0.3 is 10.1 Å². The molecule has 2 aliphatic rings. The molecule has 2 fully saturated rings. The number of nitrogens with zero attached hydrogens (tertiary/aromatic N) is 1. The normalized spacial score (nSPS) is 23.9. The first kappa shape index (κ1) is 21.8. The second-order valence-electron chi connectivity index (χ2n) is 8.89. The van der Waals surface area contributed by atoms with Crippen LogP contribution in [0.15, 0.2) is 34.7 Å². The molecule has 0 radical (unpaired) electrons. The van der Waals surface area contributed by atoms with Crippen molar-refractivity contribution in [3.63, 3.8) is 0 Å². The monoisotopic (exact) mass is 420 g/mol. The number of ether oxygens (including phenoxy) is 1. The largest absolute Gasteiger partial charge is 0.495 e. The van der Waals surface area contributed by atoms with Crippen LogP contribution in [0.5, 0.6) is 5.75 Å². The molecule has 29 heavy (non-hydrogen) atoms. The van der Waals surface area contributed by atoms with Gasteiger partial charge in [-0.05, 0) is 56.2 Å². The molecule has 0 bridgehead atoms. The molecule has 1 saturated carbocycles. The maximum absolute atomic E-state index is 13.2. The molecule has 2 atom stereocenters. The summed E-state index contributed by atoms with van der Waals surface area (Å²) in [6, 6.07) is 4.82. The van der Waals surface area contributed by atoms with Crippen LogP contribution in [0, 0.1) is 17.3 Å². The van der Waals surface area contributed by atoms with Crippen molar-refractivity contribution in [2.75, 3.05) is 25.5 Å². The number of hydrogen-bond acceptors (Lipinski definition) is 4. The van der Waals surface area contributed by atoms with Crippen molar-refractivity contribution in [3.8, 4) is 5.75 Å². The predicted octanol–water partition coefficient (Wildman–Crippen LogP) is 4.05. The highest BCUT2D eigenvalue weighted by atomic mass is 32.2. The van der Waals surface area contributed by atoms with Crippen LogP contribution in [-0.4, -0.2) is 38.8 Å². The molecule has 3 rings (SSSR count). The predicted molar refractivity (Wildman–Crippen MR) is 114 cm³/mol. The summed E-state index contributed by atoms with van der Waals surface area (Å²) in [6.07, 6.45) is 4.91. The Kier molecular flexibility index (Phi) is 6.11. The van der Waals surface area contributed by atoms with Crippen LogP contribution < -0.4 is 10.1 Å². The zero-order chi connectivity index (χ0) is 21.4. The maximum atomic E-state index is 13.2. The smallest absolute Gasteiger partial charge is 0.246 e. The first-order chi connectivity index (χ1) is 13.6. The Balaban J connectivity index is 1.84. The third kappa shape index (κ3) is 4.36. The van der Waals surface area contributed by atoms with Gasteiger partial charge in [0.15, 0.2) is 0 Å². The van der Waals surface area contributed by atoms with Crippen LogP contribution in [0.3, 0.4) is 0 Å². The summed E-state index contributed by atoms with van der Waals surface area (Å²) in [6.45, 7) is 9.27. The molecule has 7 heteroatoms. The van der Waals surface area contributed by atoms with Gasteiger partial charge in [-0.3, -0.25) is 4.79 Å². The first-order valence-corrected chi connectivity index (χ1v) is 11.7. The number of nitrogens with one attached hydrogen (secondary N) is 1. The lowest BCUT2D eigenvalue weighted by Crippen LogP contribution is -2.35. The maximum Gasteiger partial charge on any atom is 0.246 e. The van der Waals surface area contributed by atoms with Crippen molar-refractivity contribution in [1.82, 2.24) is 4.31 Å². The third-order valence-electron chi connectivity index (χ3n) is 6.07. The molecule has 1 aliphatic carbocycles. The third-order valence-corrected chi connectivity index (χ3v) is 7.99. The van der Waals surface area contributed by atoms with Gasteiger partial charge in [-0.25, -0.2) is 8.42 Å². The molecule has 1 saturated heterocycles. The van der Waals surface area contributed by atoms with Crippen LogP contribution in [0.4, 0.5) is 5.69 Å². The number of sulfonamides is 1. The quantitative estimate of drug-likeness (QED) is 0.705. The highest BCUT2D eigenvalue weighted by Crippen LogP contribution is 2.59. The van der Waals surface area contributed by atoms with Crippen molar-refractivity contribution in [1.29, 1.82) is 0 Å². The number of anilines is 1. The molecule has 160 valence electrons. The van der Waals surface area contributed by atoms with E-state index in [0.717, 1.165) is 19.3 Å². The first-order valence-electron chi connectivity index (χ1n) is 10.2. The Morgan fingerprint density at radius 1 is 1.21 bits per heavy atom. The van der Waals surface area contributed by atoms with E-state index in [1.54, 1.807) is 12.1 Å². The summed E-state index contributed by atoms with van der Waals surface area (Å²) < 4.78 is 33.1. The van der Waals surface area contributed by atoms with Crippen LogP contribution >= 0.6 is 0 Å². The fraction of sp³-hybridized carbons (Fsp3) is 0.591. The number of benzene rings is 1. The molecule has 0 spiro atoms.